The van der Waals surface area contributed by atoms with Crippen LogP contribution >= 0.6 is 11.6 Å². The Hall–Kier alpha value is -1.30. The van der Waals surface area contributed by atoms with Crippen molar-refractivity contribution in [1.29, 1.82) is 0 Å². The number of anilines is 1. The molecule has 0 unspecified atom stereocenters. The number of nitrogens with zero attached hydrogens (tertiary/aromatic N) is 1. The Morgan fingerprint density at radius 2 is 2.38 bits per heavy atom. The summed E-state index contributed by atoms with van der Waals surface area (Å²) in [5.74, 6) is 0.525. The molecule has 0 radical (unpaired) electrons. The summed E-state index contributed by atoms with van der Waals surface area (Å²) in [4.78, 5) is 14.1. The highest BCUT2D eigenvalue weighted by Gasteiger charge is 2.23. The lowest BCUT2D eigenvalue weighted by molar-refractivity contribution is -0.116. The number of hydrogen-bond donors (Lipinski definition) is 2. The first-order chi connectivity index (χ1) is 10.1. The van der Waals surface area contributed by atoms with Crippen molar-refractivity contribution in [2.24, 2.45) is 0 Å². The van der Waals surface area contributed by atoms with E-state index in [0.29, 0.717) is 29.4 Å². The number of ether oxygens (including phenoxy) is 1. The molecule has 1 aromatic carbocycles. The van der Waals surface area contributed by atoms with Crippen LogP contribution in [0, 0.1) is 0 Å². The number of likely N-dealkylation sites (tertiary alicyclic amines) is 1. The second kappa shape index (κ2) is 7.64. The van der Waals surface area contributed by atoms with Crippen LogP contribution in [0.15, 0.2) is 18.2 Å². The third-order valence-electron chi connectivity index (χ3n) is 3.77. The summed E-state index contributed by atoms with van der Waals surface area (Å²) < 4.78 is 5.07. The van der Waals surface area contributed by atoms with Gasteiger partial charge in [-0.05, 0) is 37.6 Å². The number of hydrogen-bond acceptors (Lipinski definition) is 4. The monoisotopic (exact) mass is 312 g/mol. The molecule has 0 aliphatic carbocycles. The summed E-state index contributed by atoms with van der Waals surface area (Å²) in [7, 11) is 1.55. The number of methoxy groups -OCH3 is 1. The zero-order chi connectivity index (χ0) is 15.2. The first-order valence-electron chi connectivity index (χ1n) is 7.12. The third kappa shape index (κ3) is 4.33. The number of halogens is 1. The molecule has 21 heavy (non-hydrogen) atoms. The third-order valence-corrected chi connectivity index (χ3v) is 4.07. The Morgan fingerprint density at radius 3 is 3.05 bits per heavy atom. The fraction of sp³-hybridized carbons (Fsp3) is 0.533. The van der Waals surface area contributed by atoms with Crippen molar-refractivity contribution in [3.8, 4) is 5.75 Å². The Balaban J connectivity index is 1.83. The van der Waals surface area contributed by atoms with Gasteiger partial charge in [-0.1, -0.05) is 11.6 Å². The summed E-state index contributed by atoms with van der Waals surface area (Å²) in [6.07, 6.45) is 2.49. The fourth-order valence-corrected chi connectivity index (χ4v) is 2.87. The molecule has 0 saturated carbocycles. The molecule has 0 bridgehead atoms. The molecule has 1 heterocycles. The van der Waals surface area contributed by atoms with Crippen LogP contribution in [0.3, 0.4) is 0 Å². The van der Waals surface area contributed by atoms with Crippen LogP contribution in [-0.4, -0.2) is 48.8 Å². The zero-order valence-corrected chi connectivity index (χ0v) is 12.9. The Morgan fingerprint density at radius 1 is 1.57 bits per heavy atom. The summed E-state index contributed by atoms with van der Waals surface area (Å²) in [5.41, 5.74) is 0.658. The molecular formula is C15H21ClN2O3. The minimum Gasteiger partial charge on any atom is -0.495 e. The Kier molecular flexibility index (Phi) is 5.85. The van der Waals surface area contributed by atoms with Crippen LogP contribution < -0.4 is 10.1 Å². The predicted octanol–water partition coefficient (Wildman–Crippen LogP) is 2.13. The van der Waals surface area contributed by atoms with Gasteiger partial charge in [-0.3, -0.25) is 9.69 Å². The van der Waals surface area contributed by atoms with Gasteiger partial charge in [-0.15, -0.1) is 0 Å². The maximum Gasteiger partial charge on any atom is 0.225 e. The van der Waals surface area contributed by atoms with E-state index in [-0.39, 0.29) is 18.6 Å². The standard InChI is InChI=1S/C15H21ClN2O3/c1-21-14-5-4-11(9-13(14)16)17-15(20)6-8-18-7-2-3-12(18)10-19/h4-5,9,12,19H,2-3,6-8,10H2,1H3,(H,17,20)/t12-/m1/s1. The van der Waals surface area contributed by atoms with Gasteiger partial charge in [-0.2, -0.15) is 0 Å². The highest BCUT2D eigenvalue weighted by molar-refractivity contribution is 6.32. The molecule has 2 rings (SSSR count). The van der Waals surface area contributed by atoms with Crippen LogP contribution in [0.4, 0.5) is 5.69 Å². The van der Waals surface area contributed by atoms with Crippen LogP contribution in [-0.2, 0) is 4.79 Å². The molecule has 5 nitrogen and oxygen atoms in total. The first-order valence-corrected chi connectivity index (χ1v) is 7.50. The van der Waals surface area contributed by atoms with Gasteiger partial charge >= 0.3 is 0 Å². The number of carbonyl (C=O) groups excluding carboxylic acids is 1. The normalized spacial score (nSPS) is 18.7. The fourth-order valence-electron chi connectivity index (χ4n) is 2.61. The van der Waals surface area contributed by atoms with Gasteiger partial charge in [0.25, 0.3) is 0 Å². The second-order valence-electron chi connectivity index (χ2n) is 5.16. The molecule has 1 aliphatic heterocycles. The van der Waals surface area contributed by atoms with Crippen molar-refractivity contribution in [3.63, 3.8) is 0 Å². The van der Waals surface area contributed by atoms with E-state index in [0.717, 1.165) is 19.4 Å². The van der Waals surface area contributed by atoms with Crippen molar-refractivity contribution < 1.29 is 14.6 Å². The van der Waals surface area contributed by atoms with Crippen LogP contribution in [0.1, 0.15) is 19.3 Å². The average molecular weight is 313 g/mol. The topological polar surface area (TPSA) is 61.8 Å². The molecule has 6 heteroatoms. The SMILES string of the molecule is COc1ccc(NC(=O)CCN2CCC[C@@H]2CO)cc1Cl. The molecule has 2 N–H and O–H groups in total. The molecule has 116 valence electrons. The van der Waals surface area contributed by atoms with E-state index < -0.39 is 0 Å². The van der Waals surface area contributed by atoms with Gasteiger partial charge < -0.3 is 15.2 Å². The number of rotatable bonds is 6. The molecule has 1 fully saturated rings. The number of carbonyl (C=O) groups is 1. The predicted molar refractivity (Wildman–Crippen MR) is 82.9 cm³/mol. The lowest BCUT2D eigenvalue weighted by Gasteiger charge is -2.22. The van der Waals surface area contributed by atoms with E-state index >= 15 is 0 Å². The smallest absolute Gasteiger partial charge is 0.225 e. The van der Waals surface area contributed by atoms with E-state index in [1.807, 2.05) is 0 Å². The molecule has 0 aromatic heterocycles. The van der Waals surface area contributed by atoms with E-state index in [4.69, 9.17) is 16.3 Å². The highest BCUT2D eigenvalue weighted by atomic mass is 35.5. The minimum atomic E-state index is -0.0557. The number of benzene rings is 1. The van der Waals surface area contributed by atoms with E-state index in [1.165, 1.54) is 0 Å². The molecule has 1 saturated heterocycles. The van der Waals surface area contributed by atoms with Gasteiger partial charge in [0.05, 0.1) is 18.7 Å². The Labute approximate surface area is 129 Å². The van der Waals surface area contributed by atoms with Gasteiger partial charge in [0.2, 0.25) is 5.91 Å². The molecule has 0 spiro atoms. The van der Waals surface area contributed by atoms with Crippen molar-refractivity contribution in [2.75, 3.05) is 32.1 Å². The van der Waals surface area contributed by atoms with Crippen LogP contribution in [0.2, 0.25) is 5.02 Å². The summed E-state index contributed by atoms with van der Waals surface area (Å²) in [6.45, 7) is 1.78. The summed E-state index contributed by atoms with van der Waals surface area (Å²) in [5, 5.41) is 12.5. The quantitative estimate of drug-likeness (QED) is 0.845. The number of nitrogens with one attached hydrogen (secondary N) is 1. The van der Waals surface area contributed by atoms with Gasteiger partial charge in [-0.25, -0.2) is 0 Å². The molecule has 1 aliphatic rings. The lowest BCUT2D eigenvalue weighted by atomic mass is 10.2. The van der Waals surface area contributed by atoms with E-state index in [9.17, 15) is 9.90 Å². The van der Waals surface area contributed by atoms with E-state index in [1.54, 1.807) is 25.3 Å². The Bertz CT molecular complexity index is 496. The van der Waals surface area contributed by atoms with Gasteiger partial charge in [0.1, 0.15) is 5.75 Å². The van der Waals surface area contributed by atoms with Crippen LogP contribution in [0.25, 0.3) is 0 Å². The van der Waals surface area contributed by atoms with Crippen molar-refractivity contribution in [2.45, 2.75) is 25.3 Å². The largest absolute Gasteiger partial charge is 0.495 e. The van der Waals surface area contributed by atoms with Crippen LogP contribution in [0.5, 0.6) is 5.75 Å². The minimum absolute atomic E-state index is 0.0557. The number of amides is 1. The number of aliphatic hydroxyl groups excluding tert-OH is 1. The van der Waals surface area contributed by atoms with Crippen molar-refractivity contribution in [1.82, 2.24) is 4.90 Å². The summed E-state index contributed by atoms with van der Waals surface area (Å²) in [6, 6.07) is 5.35. The molecule has 1 aromatic rings. The first kappa shape index (κ1) is 16.1. The zero-order valence-electron chi connectivity index (χ0n) is 12.1. The average Bonchev–Trinajstić information content (AvgIpc) is 2.93. The second-order valence-corrected chi connectivity index (χ2v) is 5.57. The maximum absolute atomic E-state index is 12.0. The lowest BCUT2D eigenvalue weighted by Crippen LogP contribution is -2.34. The van der Waals surface area contributed by atoms with Crippen molar-refractivity contribution in [3.05, 3.63) is 23.2 Å². The van der Waals surface area contributed by atoms with Crippen molar-refractivity contribution >= 4 is 23.2 Å². The molecule has 1 amide bonds. The summed E-state index contributed by atoms with van der Waals surface area (Å²) >= 11 is 6.02. The van der Waals surface area contributed by atoms with E-state index in [2.05, 4.69) is 10.2 Å². The maximum atomic E-state index is 12.0. The highest BCUT2D eigenvalue weighted by Crippen LogP contribution is 2.27. The van der Waals surface area contributed by atoms with Gasteiger partial charge in [0.15, 0.2) is 0 Å². The molecular weight excluding hydrogens is 292 g/mol. The number of aliphatic hydroxyl groups is 1. The van der Waals surface area contributed by atoms with Gasteiger partial charge in [0, 0.05) is 24.7 Å². The molecule has 1 atom stereocenters.